The first-order valence-corrected chi connectivity index (χ1v) is 6.55. The van der Waals surface area contributed by atoms with Crippen molar-refractivity contribution in [3.05, 3.63) is 23.4 Å². The van der Waals surface area contributed by atoms with Crippen LogP contribution in [0.2, 0.25) is 0 Å². The van der Waals surface area contributed by atoms with Gasteiger partial charge in [-0.1, -0.05) is 0 Å². The summed E-state index contributed by atoms with van der Waals surface area (Å²) in [6, 6.07) is 2.25. The lowest BCUT2D eigenvalue weighted by Gasteiger charge is -2.36. The number of nitrogens with zero attached hydrogens (tertiary/aromatic N) is 2. The number of nitrogens with one attached hydrogen (secondary N) is 1. The molecule has 1 aliphatic rings. The zero-order valence-corrected chi connectivity index (χ0v) is 11.4. The molecule has 4 nitrogen and oxygen atoms in total. The van der Waals surface area contributed by atoms with Crippen LogP contribution in [0.4, 0.5) is 5.82 Å². The van der Waals surface area contributed by atoms with Gasteiger partial charge in [-0.05, 0) is 43.4 Å². The molecule has 1 amide bonds. The van der Waals surface area contributed by atoms with Crippen molar-refractivity contribution in [2.24, 2.45) is 0 Å². The number of carbonyl (C=O) groups is 1. The van der Waals surface area contributed by atoms with Crippen LogP contribution in [-0.2, 0) is 4.79 Å². The van der Waals surface area contributed by atoms with Crippen LogP contribution in [0.5, 0.6) is 0 Å². The Morgan fingerprint density at radius 1 is 1.50 bits per heavy atom. The van der Waals surface area contributed by atoms with Crippen LogP contribution in [0.1, 0.15) is 43.4 Å². The van der Waals surface area contributed by atoms with E-state index >= 15 is 0 Å². The second-order valence-corrected chi connectivity index (χ2v) is 4.90. The highest BCUT2D eigenvalue weighted by Crippen LogP contribution is 2.32. The van der Waals surface area contributed by atoms with Crippen LogP contribution in [0.25, 0.3) is 0 Å². The van der Waals surface area contributed by atoms with E-state index in [2.05, 4.69) is 17.2 Å². The summed E-state index contributed by atoms with van der Waals surface area (Å²) in [7, 11) is 1.87. The third-order valence-corrected chi connectivity index (χ3v) is 3.67. The summed E-state index contributed by atoms with van der Waals surface area (Å²) in [6.07, 6.45) is 5.24. The summed E-state index contributed by atoms with van der Waals surface area (Å²) in [5.74, 6) is 1.04. The van der Waals surface area contributed by atoms with Gasteiger partial charge in [-0.3, -0.25) is 4.79 Å². The van der Waals surface area contributed by atoms with E-state index in [1.807, 2.05) is 24.2 Å². The van der Waals surface area contributed by atoms with Gasteiger partial charge < -0.3 is 10.2 Å². The number of hydrogen-bond donors (Lipinski definition) is 1. The van der Waals surface area contributed by atoms with E-state index in [0.29, 0.717) is 0 Å². The normalized spacial score (nSPS) is 19.7. The summed E-state index contributed by atoms with van der Waals surface area (Å²) in [5, 5.41) is 3.04. The Morgan fingerprint density at radius 3 is 2.89 bits per heavy atom. The molecule has 0 bridgehead atoms. The molecular formula is C14H21N3O. The zero-order valence-electron chi connectivity index (χ0n) is 11.4. The lowest BCUT2D eigenvalue weighted by Crippen LogP contribution is -2.37. The number of amides is 1. The Labute approximate surface area is 108 Å². The standard InChI is InChI=1S/C14H21N3O/c1-10-8-14(15-3)16-9-12(10)13-6-4-5-7-17(13)11(2)18/h8-9,13H,4-7H2,1-3H3,(H,15,16)/t13-/m0/s1. The maximum Gasteiger partial charge on any atom is 0.219 e. The van der Waals surface area contributed by atoms with Crippen molar-refractivity contribution < 1.29 is 4.79 Å². The molecule has 0 saturated carbocycles. The molecule has 0 aliphatic carbocycles. The largest absolute Gasteiger partial charge is 0.373 e. The van der Waals surface area contributed by atoms with E-state index in [1.54, 1.807) is 6.92 Å². The Balaban J connectivity index is 2.31. The third-order valence-electron chi connectivity index (χ3n) is 3.67. The topological polar surface area (TPSA) is 45.2 Å². The van der Waals surface area contributed by atoms with Crippen molar-refractivity contribution in [3.63, 3.8) is 0 Å². The van der Waals surface area contributed by atoms with Gasteiger partial charge in [0.05, 0.1) is 6.04 Å². The molecule has 1 saturated heterocycles. The Morgan fingerprint density at radius 2 is 2.28 bits per heavy atom. The van der Waals surface area contributed by atoms with E-state index in [9.17, 15) is 4.79 Å². The van der Waals surface area contributed by atoms with Gasteiger partial charge >= 0.3 is 0 Å². The van der Waals surface area contributed by atoms with Crippen LogP contribution in [0, 0.1) is 6.92 Å². The number of rotatable bonds is 2. The number of aromatic nitrogens is 1. The molecule has 1 aliphatic heterocycles. The summed E-state index contributed by atoms with van der Waals surface area (Å²) in [5.41, 5.74) is 2.39. The second kappa shape index (κ2) is 5.38. The van der Waals surface area contributed by atoms with E-state index in [4.69, 9.17) is 0 Å². The van der Waals surface area contributed by atoms with Gasteiger partial charge in [-0.15, -0.1) is 0 Å². The van der Waals surface area contributed by atoms with E-state index in [1.165, 1.54) is 17.5 Å². The number of hydrogen-bond acceptors (Lipinski definition) is 3. The fourth-order valence-electron chi connectivity index (χ4n) is 2.68. The van der Waals surface area contributed by atoms with Gasteiger partial charge in [-0.2, -0.15) is 0 Å². The number of carbonyl (C=O) groups excluding carboxylic acids is 1. The highest BCUT2D eigenvalue weighted by molar-refractivity contribution is 5.74. The summed E-state index contributed by atoms with van der Waals surface area (Å²) >= 11 is 0. The van der Waals surface area contributed by atoms with Crippen LogP contribution in [-0.4, -0.2) is 29.4 Å². The van der Waals surface area contributed by atoms with Crippen molar-refractivity contribution in [2.75, 3.05) is 18.9 Å². The van der Waals surface area contributed by atoms with Gasteiger partial charge in [0.15, 0.2) is 0 Å². The van der Waals surface area contributed by atoms with Crippen molar-refractivity contribution in [2.45, 2.75) is 39.2 Å². The molecule has 0 aromatic carbocycles. The van der Waals surface area contributed by atoms with E-state index < -0.39 is 0 Å². The van der Waals surface area contributed by atoms with Crippen LogP contribution in [0.3, 0.4) is 0 Å². The molecule has 1 aromatic heterocycles. The molecule has 0 radical (unpaired) electrons. The van der Waals surface area contributed by atoms with Crippen LogP contribution < -0.4 is 5.32 Å². The molecule has 4 heteroatoms. The summed E-state index contributed by atoms with van der Waals surface area (Å²) < 4.78 is 0. The highest BCUT2D eigenvalue weighted by atomic mass is 16.2. The Kier molecular flexibility index (Phi) is 3.84. The molecule has 18 heavy (non-hydrogen) atoms. The molecule has 1 N–H and O–H groups in total. The first-order valence-electron chi connectivity index (χ1n) is 6.55. The summed E-state index contributed by atoms with van der Waals surface area (Å²) in [4.78, 5) is 18.1. The zero-order chi connectivity index (χ0) is 13.1. The van der Waals surface area contributed by atoms with Crippen molar-refractivity contribution >= 4 is 11.7 Å². The number of aryl methyl sites for hydroxylation is 1. The number of pyridine rings is 1. The fourth-order valence-corrected chi connectivity index (χ4v) is 2.68. The van der Waals surface area contributed by atoms with Crippen molar-refractivity contribution in [1.82, 2.24) is 9.88 Å². The van der Waals surface area contributed by atoms with Gasteiger partial charge in [0, 0.05) is 26.7 Å². The van der Waals surface area contributed by atoms with Crippen molar-refractivity contribution in [1.29, 1.82) is 0 Å². The minimum atomic E-state index is 0.164. The maximum absolute atomic E-state index is 11.7. The number of likely N-dealkylation sites (tertiary alicyclic amines) is 1. The molecule has 1 atom stereocenters. The van der Waals surface area contributed by atoms with Gasteiger partial charge in [0.1, 0.15) is 5.82 Å². The second-order valence-electron chi connectivity index (χ2n) is 4.90. The minimum Gasteiger partial charge on any atom is -0.373 e. The van der Waals surface area contributed by atoms with Gasteiger partial charge in [-0.25, -0.2) is 4.98 Å². The fraction of sp³-hybridized carbons (Fsp3) is 0.571. The maximum atomic E-state index is 11.7. The number of anilines is 1. The smallest absolute Gasteiger partial charge is 0.219 e. The first-order chi connectivity index (χ1) is 8.63. The SMILES string of the molecule is CNc1cc(C)c([C@@H]2CCCCN2C(C)=O)cn1. The quantitative estimate of drug-likeness (QED) is 0.873. The molecule has 0 unspecified atom stereocenters. The molecule has 98 valence electrons. The third kappa shape index (κ3) is 2.47. The molecule has 1 aromatic rings. The Bertz CT molecular complexity index is 445. The molecule has 2 rings (SSSR count). The van der Waals surface area contributed by atoms with Crippen LogP contribution >= 0.6 is 0 Å². The predicted octanol–water partition coefficient (Wildman–Crippen LogP) is 2.51. The van der Waals surface area contributed by atoms with E-state index in [0.717, 1.165) is 25.2 Å². The van der Waals surface area contributed by atoms with Gasteiger partial charge in [0.25, 0.3) is 0 Å². The van der Waals surface area contributed by atoms with Crippen LogP contribution in [0.15, 0.2) is 12.3 Å². The lowest BCUT2D eigenvalue weighted by molar-refractivity contribution is -0.132. The number of piperidine rings is 1. The highest BCUT2D eigenvalue weighted by Gasteiger charge is 2.27. The average Bonchev–Trinajstić information content (AvgIpc) is 2.38. The average molecular weight is 247 g/mol. The van der Waals surface area contributed by atoms with Crippen molar-refractivity contribution in [3.8, 4) is 0 Å². The minimum absolute atomic E-state index is 0.164. The molecule has 2 heterocycles. The Hall–Kier alpha value is -1.58. The van der Waals surface area contributed by atoms with E-state index in [-0.39, 0.29) is 11.9 Å². The lowest BCUT2D eigenvalue weighted by atomic mass is 9.93. The molecule has 0 spiro atoms. The molecular weight excluding hydrogens is 226 g/mol. The molecule has 1 fully saturated rings. The first kappa shape index (κ1) is 12.9. The predicted molar refractivity (Wildman–Crippen MR) is 72.5 cm³/mol. The monoisotopic (exact) mass is 247 g/mol. The van der Waals surface area contributed by atoms with Gasteiger partial charge in [0.2, 0.25) is 5.91 Å². The summed E-state index contributed by atoms with van der Waals surface area (Å²) in [6.45, 7) is 4.61.